The summed E-state index contributed by atoms with van der Waals surface area (Å²) in [6, 6.07) is 5.98. The second-order valence-electron chi connectivity index (χ2n) is 9.38. The molecule has 1 aromatic carbocycles. The first-order valence-corrected chi connectivity index (χ1v) is 11.9. The summed E-state index contributed by atoms with van der Waals surface area (Å²) in [5.74, 6) is 0.101. The largest absolute Gasteiger partial charge is 0.496 e. The summed E-state index contributed by atoms with van der Waals surface area (Å²) in [6.07, 6.45) is 0.376. The number of aliphatic hydroxyl groups excluding tert-OH is 1. The maximum Gasteiger partial charge on any atom is 0.265 e. The molecule has 5 N–H and O–H groups in total. The fraction of sp³-hybridized carbons (Fsp3) is 0.360. The van der Waals surface area contributed by atoms with Crippen LogP contribution in [0.5, 0.6) is 5.75 Å². The summed E-state index contributed by atoms with van der Waals surface area (Å²) in [6.45, 7) is 0.807. The monoisotopic (exact) mass is 528 g/mol. The van der Waals surface area contributed by atoms with E-state index >= 15 is 0 Å². The fourth-order valence-corrected chi connectivity index (χ4v) is 4.93. The molecule has 0 radical (unpaired) electrons. The van der Waals surface area contributed by atoms with Gasteiger partial charge in [-0.15, -0.1) is 0 Å². The summed E-state index contributed by atoms with van der Waals surface area (Å²) in [5, 5.41) is 10.2. The van der Waals surface area contributed by atoms with Crippen LogP contribution in [0.3, 0.4) is 0 Å². The lowest BCUT2D eigenvalue weighted by molar-refractivity contribution is -0.0529. The fourth-order valence-electron chi connectivity index (χ4n) is 4.93. The zero-order valence-electron chi connectivity index (χ0n) is 20.6. The lowest BCUT2D eigenvalue weighted by atomic mass is 9.84. The number of alkyl halides is 2. The summed E-state index contributed by atoms with van der Waals surface area (Å²) in [4.78, 5) is 19.0. The van der Waals surface area contributed by atoms with E-state index in [1.54, 1.807) is 23.2 Å². The molecule has 4 aromatic rings. The SMILES string of the molecule is COc1cc(F)ccc1-c1cc(Cn2cnc3c(N)ncnc32)c(N2CCCC(N)(C(O)C(F)F)C2)cn1. The van der Waals surface area contributed by atoms with E-state index in [9.17, 15) is 18.3 Å². The molecule has 0 aliphatic carbocycles. The molecule has 38 heavy (non-hydrogen) atoms. The second kappa shape index (κ2) is 10.1. The minimum Gasteiger partial charge on any atom is -0.496 e. The molecule has 0 saturated carbocycles. The quantitative estimate of drug-likeness (QED) is 0.330. The maximum atomic E-state index is 13.8. The third kappa shape index (κ3) is 4.70. The minimum atomic E-state index is -2.96. The Bertz CT molecular complexity index is 1470. The van der Waals surface area contributed by atoms with Crippen LogP contribution in [0.4, 0.5) is 24.7 Å². The van der Waals surface area contributed by atoms with Gasteiger partial charge in [0, 0.05) is 24.7 Å². The summed E-state index contributed by atoms with van der Waals surface area (Å²) >= 11 is 0. The maximum absolute atomic E-state index is 13.8. The Kier molecular flexibility index (Phi) is 6.80. The number of imidazole rings is 1. The molecular weight excluding hydrogens is 501 g/mol. The van der Waals surface area contributed by atoms with Gasteiger partial charge in [-0.3, -0.25) is 4.98 Å². The predicted molar refractivity (Wildman–Crippen MR) is 135 cm³/mol. The van der Waals surface area contributed by atoms with Gasteiger partial charge in [0.25, 0.3) is 6.43 Å². The van der Waals surface area contributed by atoms with Crippen LogP contribution in [-0.2, 0) is 6.54 Å². The Balaban J connectivity index is 1.59. The van der Waals surface area contributed by atoms with Crippen LogP contribution in [0.25, 0.3) is 22.4 Å². The number of ether oxygens (including phenoxy) is 1. The Labute approximate surface area is 216 Å². The molecule has 200 valence electrons. The number of benzene rings is 1. The van der Waals surface area contributed by atoms with Crippen molar-refractivity contribution < 1.29 is 23.0 Å². The van der Waals surface area contributed by atoms with Crippen molar-refractivity contribution >= 4 is 22.7 Å². The van der Waals surface area contributed by atoms with Crippen molar-refractivity contribution in [1.82, 2.24) is 24.5 Å². The molecule has 0 spiro atoms. The number of aromatic nitrogens is 5. The van der Waals surface area contributed by atoms with E-state index < -0.39 is 23.9 Å². The number of anilines is 2. The number of nitrogens with two attached hydrogens (primary N) is 2. The van der Waals surface area contributed by atoms with Gasteiger partial charge in [0.15, 0.2) is 11.5 Å². The van der Waals surface area contributed by atoms with E-state index in [-0.39, 0.29) is 25.3 Å². The standard InChI is InChI=1S/C25H27F3N8O2/c1-38-19-8-15(26)3-4-16(19)17-7-14(10-36-13-34-20-23(29)32-12-33-24(20)36)18(9-31-17)35-6-2-5-25(30,11-35)21(37)22(27)28/h3-4,7-9,12-13,21-22,37H,2,5-6,10-11,30H2,1H3,(H2,29,32,33). The average molecular weight is 529 g/mol. The highest BCUT2D eigenvalue weighted by Crippen LogP contribution is 2.35. The van der Waals surface area contributed by atoms with Gasteiger partial charge in [0.2, 0.25) is 0 Å². The molecule has 10 nitrogen and oxygen atoms in total. The molecule has 1 fully saturated rings. The third-order valence-electron chi connectivity index (χ3n) is 6.90. The number of methoxy groups -OCH3 is 1. The average Bonchev–Trinajstić information content (AvgIpc) is 3.32. The molecule has 5 rings (SSSR count). The molecule has 2 atom stereocenters. The summed E-state index contributed by atoms with van der Waals surface area (Å²) in [7, 11) is 1.44. The molecule has 3 aromatic heterocycles. The predicted octanol–water partition coefficient (Wildman–Crippen LogP) is 2.59. The van der Waals surface area contributed by atoms with Crippen LogP contribution in [0.1, 0.15) is 18.4 Å². The minimum absolute atomic E-state index is 0.00615. The van der Waals surface area contributed by atoms with Gasteiger partial charge in [0.1, 0.15) is 29.5 Å². The first-order valence-electron chi connectivity index (χ1n) is 11.9. The van der Waals surface area contributed by atoms with Gasteiger partial charge >= 0.3 is 0 Å². The van der Waals surface area contributed by atoms with E-state index in [4.69, 9.17) is 16.2 Å². The van der Waals surface area contributed by atoms with Crippen molar-refractivity contribution in [1.29, 1.82) is 0 Å². The first kappa shape index (κ1) is 25.7. The highest BCUT2D eigenvalue weighted by molar-refractivity contribution is 5.81. The topological polar surface area (TPSA) is 141 Å². The van der Waals surface area contributed by atoms with Crippen molar-refractivity contribution in [2.24, 2.45) is 5.73 Å². The number of pyridine rings is 1. The molecule has 0 bridgehead atoms. The van der Waals surface area contributed by atoms with E-state index in [1.165, 1.54) is 25.6 Å². The summed E-state index contributed by atoms with van der Waals surface area (Å²) in [5.41, 5.74) is 14.2. The van der Waals surface area contributed by atoms with Gasteiger partial charge in [-0.05, 0) is 36.6 Å². The third-order valence-corrected chi connectivity index (χ3v) is 6.90. The normalized spacial score (nSPS) is 18.8. The Hall–Kier alpha value is -3.97. The molecular formula is C25H27F3N8O2. The van der Waals surface area contributed by atoms with E-state index in [0.717, 1.165) is 5.56 Å². The van der Waals surface area contributed by atoms with E-state index in [0.29, 0.717) is 46.8 Å². The van der Waals surface area contributed by atoms with Crippen molar-refractivity contribution in [3.8, 4) is 17.0 Å². The van der Waals surface area contributed by atoms with Gasteiger partial charge < -0.3 is 30.8 Å². The number of halogens is 3. The smallest absolute Gasteiger partial charge is 0.265 e. The Morgan fingerprint density at radius 3 is 2.76 bits per heavy atom. The van der Waals surface area contributed by atoms with Crippen LogP contribution in [-0.4, -0.2) is 67.9 Å². The van der Waals surface area contributed by atoms with Gasteiger partial charge in [-0.2, -0.15) is 0 Å². The highest BCUT2D eigenvalue weighted by Gasteiger charge is 2.43. The van der Waals surface area contributed by atoms with Crippen LogP contribution >= 0.6 is 0 Å². The zero-order valence-corrected chi connectivity index (χ0v) is 20.6. The van der Waals surface area contributed by atoms with Crippen LogP contribution in [0, 0.1) is 5.82 Å². The van der Waals surface area contributed by atoms with Gasteiger partial charge in [0.05, 0.1) is 43.1 Å². The number of rotatable bonds is 7. The number of aliphatic hydroxyl groups is 1. The number of hydrogen-bond acceptors (Lipinski definition) is 9. The summed E-state index contributed by atoms with van der Waals surface area (Å²) < 4.78 is 47.8. The molecule has 1 aliphatic rings. The second-order valence-corrected chi connectivity index (χ2v) is 9.38. The zero-order chi connectivity index (χ0) is 27.0. The molecule has 1 saturated heterocycles. The number of hydrogen-bond donors (Lipinski definition) is 3. The number of fused-ring (bicyclic) bond motifs is 1. The van der Waals surface area contributed by atoms with Crippen molar-refractivity contribution in [2.75, 3.05) is 30.8 Å². The highest BCUT2D eigenvalue weighted by atomic mass is 19.3. The first-order chi connectivity index (χ1) is 18.2. The number of piperidine rings is 1. The molecule has 2 unspecified atom stereocenters. The van der Waals surface area contributed by atoms with Gasteiger partial charge in [-0.1, -0.05) is 0 Å². The van der Waals surface area contributed by atoms with Crippen molar-refractivity contribution in [3.05, 3.63) is 54.5 Å². The van der Waals surface area contributed by atoms with Crippen molar-refractivity contribution in [2.45, 2.75) is 37.5 Å². The molecule has 4 heterocycles. The number of nitrogens with zero attached hydrogens (tertiary/aromatic N) is 6. The Morgan fingerprint density at radius 2 is 2.00 bits per heavy atom. The van der Waals surface area contributed by atoms with E-state index in [2.05, 4.69) is 19.9 Å². The lowest BCUT2D eigenvalue weighted by Crippen LogP contribution is -2.63. The molecule has 0 amide bonds. The lowest BCUT2D eigenvalue weighted by Gasteiger charge is -2.44. The van der Waals surface area contributed by atoms with Crippen LogP contribution in [0.15, 0.2) is 43.1 Å². The molecule has 1 aliphatic heterocycles. The van der Waals surface area contributed by atoms with Crippen LogP contribution in [0.2, 0.25) is 0 Å². The van der Waals surface area contributed by atoms with Crippen LogP contribution < -0.4 is 21.1 Å². The Morgan fingerprint density at radius 1 is 1.18 bits per heavy atom. The molecule has 13 heteroatoms. The van der Waals surface area contributed by atoms with Crippen molar-refractivity contribution in [3.63, 3.8) is 0 Å². The number of nitrogen functional groups attached to an aromatic ring is 1. The van der Waals surface area contributed by atoms with Gasteiger partial charge in [-0.25, -0.2) is 28.1 Å². The van der Waals surface area contributed by atoms with E-state index in [1.807, 2.05) is 11.0 Å².